The van der Waals surface area contributed by atoms with Crippen molar-refractivity contribution in [2.24, 2.45) is 5.92 Å². The van der Waals surface area contributed by atoms with Crippen molar-refractivity contribution < 1.29 is 14.0 Å². The molecular weight excluding hydrogens is 345 g/mol. The van der Waals surface area contributed by atoms with Gasteiger partial charge < -0.3 is 15.5 Å². The summed E-state index contributed by atoms with van der Waals surface area (Å²) in [5.41, 5.74) is 2.91. The van der Waals surface area contributed by atoms with Gasteiger partial charge in [0.25, 0.3) is 0 Å². The van der Waals surface area contributed by atoms with Gasteiger partial charge in [-0.25, -0.2) is 4.39 Å². The Morgan fingerprint density at radius 1 is 1.22 bits per heavy atom. The van der Waals surface area contributed by atoms with Gasteiger partial charge in [0.1, 0.15) is 5.82 Å². The van der Waals surface area contributed by atoms with Crippen LogP contribution in [0.5, 0.6) is 0 Å². The largest absolute Gasteiger partial charge is 0.360 e. The summed E-state index contributed by atoms with van der Waals surface area (Å²) in [4.78, 5) is 25.9. The zero-order valence-corrected chi connectivity index (χ0v) is 15.0. The molecule has 2 aromatic rings. The second-order valence-electron chi connectivity index (χ2n) is 7.16. The summed E-state index contributed by atoms with van der Waals surface area (Å²) >= 11 is 0. The van der Waals surface area contributed by atoms with Crippen LogP contribution in [0.15, 0.2) is 48.5 Å². The fourth-order valence-electron chi connectivity index (χ4n) is 3.59. The number of carbonyl (C=O) groups excluding carboxylic acids is 2. The van der Waals surface area contributed by atoms with E-state index in [0.717, 1.165) is 29.8 Å². The van der Waals surface area contributed by atoms with E-state index >= 15 is 0 Å². The molecule has 0 aromatic heterocycles. The van der Waals surface area contributed by atoms with Crippen LogP contribution in [0.2, 0.25) is 0 Å². The maximum absolute atomic E-state index is 13.3. The Balaban J connectivity index is 1.29. The first-order valence-corrected chi connectivity index (χ1v) is 9.24. The summed E-state index contributed by atoms with van der Waals surface area (Å²) in [5.74, 6) is -0.160. The summed E-state index contributed by atoms with van der Waals surface area (Å²) in [6, 6.07) is 14.4. The number of carbonyl (C=O) groups is 2. The van der Waals surface area contributed by atoms with Crippen LogP contribution in [0, 0.1) is 11.7 Å². The molecule has 4 rings (SSSR count). The number of nitrogens with one attached hydrogen (secondary N) is 2. The van der Waals surface area contributed by atoms with Crippen molar-refractivity contribution >= 4 is 17.5 Å². The second kappa shape index (κ2) is 7.39. The number of halogens is 1. The van der Waals surface area contributed by atoms with E-state index in [2.05, 4.69) is 10.6 Å². The summed E-state index contributed by atoms with van der Waals surface area (Å²) in [6.45, 7) is 2.29. The van der Waals surface area contributed by atoms with Gasteiger partial charge in [-0.3, -0.25) is 9.59 Å². The van der Waals surface area contributed by atoms with Crippen LogP contribution in [0.4, 0.5) is 10.1 Å². The predicted molar refractivity (Wildman–Crippen MR) is 101 cm³/mol. The molecule has 0 spiro atoms. The first-order chi connectivity index (χ1) is 13.1. The number of amides is 2. The van der Waals surface area contributed by atoms with Gasteiger partial charge in [-0.1, -0.05) is 24.3 Å². The molecule has 6 heteroatoms. The summed E-state index contributed by atoms with van der Waals surface area (Å²) in [5, 5.41) is 5.78. The lowest BCUT2D eigenvalue weighted by Crippen LogP contribution is -2.47. The number of benzene rings is 2. The van der Waals surface area contributed by atoms with Gasteiger partial charge in [0.15, 0.2) is 0 Å². The number of rotatable bonds is 5. The van der Waals surface area contributed by atoms with Crippen molar-refractivity contribution in [3.05, 3.63) is 65.5 Å². The van der Waals surface area contributed by atoms with Crippen LogP contribution < -0.4 is 15.5 Å². The summed E-state index contributed by atoms with van der Waals surface area (Å²) < 4.78 is 13.3. The Labute approximate surface area is 157 Å². The van der Waals surface area contributed by atoms with Crippen molar-refractivity contribution in [2.75, 3.05) is 24.5 Å². The molecule has 2 amide bonds. The maximum atomic E-state index is 13.3. The van der Waals surface area contributed by atoms with Crippen molar-refractivity contribution in [1.29, 1.82) is 0 Å². The maximum Gasteiger partial charge on any atom is 0.239 e. The molecule has 0 radical (unpaired) electrons. The van der Waals surface area contributed by atoms with E-state index in [-0.39, 0.29) is 29.5 Å². The highest BCUT2D eigenvalue weighted by Gasteiger charge is 2.43. The van der Waals surface area contributed by atoms with E-state index in [9.17, 15) is 14.0 Å². The molecule has 140 valence electrons. The molecule has 1 heterocycles. The molecule has 0 bridgehead atoms. The molecule has 2 fully saturated rings. The van der Waals surface area contributed by atoms with Crippen LogP contribution in [0.25, 0.3) is 0 Å². The topological polar surface area (TPSA) is 61.4 Å². The van der Waals surface area contributed by atoms with Gasteiger partial charge in [-0.05, 0) is 47.7 Å². The molecule has 5 nitrogen and oxygen atoms in total. The van der Waals surface area contributed by atoms with Gasteiger partial charge >= 0.3 is 0 Å². The number of hydrogen-bond acceptors (Lipinski definition) is 3. The number of nitrogens with zero attached hydrogens (tertiary/aromatic N) is 1. The van der Waals surface area contributed by atoms with Gasteiger partial charge in [-0.2, -0.15) is 0 Å². The molecule has 27 heavy (non-hydrogen) atoms. The second-order valence-corrected chi connectivity index (χ2v) is 7.16. The zero-order valence-electron chi connectivity index (χ0n) is 15.0. The highest BCUT2D eigenvalue weighted by molar-refractivity contribution is 5.83. The zero-order chi connectivity index (χ0) is 18.8. The molecule has 1 aliphatic carbocycles. The number of hydrogen-bond donors (Lipinski definition) is 2. The molecule has 2 unspecified atom stereocenters. The quantitative estimate of drug-likeness (QED) is 0.852. The van der Waals surface area contributed by atoms with Crippen LogP contribution in [-0.2, 0) is 16.1 Å². The molecule has 2 N–H and O–H groups in total. The first-order valence-electron chi connectivity index (χ1n) is 9.24. The Hall–Kier alpha value is -2.89. The lowest BCUT2D eigenvalue weighted by atomic mass is 10.1. The normalized spacial score (nSPS) is 21.5. The Kier molecular flexibility index (Phi) is 4.79. The number of anilines is 1. The minimum atomic E-state index is -0.259. The molecule has 1 aliphatic heterocycles. The molecule has 1 saturated heterocycles. The van der Waals surface area contributed by atoms with Gasteiger partial charge in [0, 0.05) is 31.2 Å². The fourth-order valence-corrected chi connectivity index (χ4v) is 3.59. The lowest BCUT2D eigenvalue weighted by molar-refractivity contribution is -0.122. The van der Waals surface area contributed by atoms with Crippen LogP contribution in [0.1, 0.15) is 23.5 Å². The standard InChI is InChI=1S/C21H22FN3O2/c22-16-3-1-2-15(10-16)18-11-19(18)21(27)24-12-14-4-6-17(7-5-14)25-9-8-23-20(26)13-25/h1-7,10,18-19H,8-9,11-13H2,(H,23,26)(H,24,27). The SMILES string of the molecule is O=C1CN(c2ccc(CNC(=O)C3CC3c3cccc(F)c3)cc2)CCN1. The average Bonchev–Trinajstić information content (AvgIpc) is 3.48. The van der Waals surface area contributed by atoms with E-state index in [4.69, 9.17) is 0 Å². The minimum Gasteiger partial charge on any atom is -0.360 e. The van der Waals surface area contributed by atoms with Gasteiger partial charge in [0.2, 0.25) is 11.8 Å². The third kappa shape index (κ3) is 4.10. The van der Waals surface area contributed by atoms with E-state index in [1.54, 1.807) is 6.07 Å². The third-order valence-corrected chi connectivity index (χ3v) is 5.21. The van der Waals surface area contributed by atoms with Crippen LogP contribution >= 0.6 is 0 Å². The minimum absolute atomic E-state index is 0.0149. The fraction of sp³-hybridized carbons (Fsp3) is 0.333. The van der Waals surface area contributed by atoms with E-state index in [1.165, 1.54) is 12.1 Å². The summed E-state index contributed by atoms with van der Waals surface area (Å²) in [7, 11) is 0. The molecule has 1 saturated carbocycles. The molecule has 2 atom stereocenters. The Morgan fingerprint density at radius 2 is 2.04 bits per heavy atom. The highest BCUT2D eigenvalue weighted by atomic mass is 19.1. The first kappa shape index (κ1) is 17.5. The van der Waals surface area contributed by atoms with Crippen LogP contribution in [-0.4, -0.2) is 31.4 Å². The predicted octanol–water partition coefficient (Wildman–Crippen LogP) is 2.18. The Morgan fingerprint density at radius 3 is 2.78 bits per heavy atom. The monoisotopic (exact) mass is 367 g/mol. The van der Waals surface area contributed by atoms with Crippen molar-refractivity contribution in [3.63, 3.8) is 0 Å². The van der Waals surface area contributed by atoms with E-state index in [0.29, 0.717) is 19.6 Å². The molecular formula is C21H22FN3O2. The molecule has 2 aromatic carbocycles. The lowest BCUT2D eigenvalue weighted by Gasteiger charge is -2.28. The van der Waals surface area contributed by atoms with E-state index < -0.39 is 0 Å². The average molecular weight is 367 g/mol. The van der Waals surface area contributed by atoms with Crippen LogP contribution in [0.3, 0.4) is 0 Å². The van der Waals surface area contributed by atoms with Gasteiger partial charge in [-0.15, -0.1) is 0 Å². The van der Waals surface area contributed by atoms with Crippen molar-refractivity contribution in [3.8, 4) is 0 Å². The summed E-state index contributed by atoms with van der Waals surface area (Å²) in [6.07, 6.45) is 0.769. The van der Waals surface area contributed by atoms with Gasteiger partial charge in [0.05, 0.1) is 6.54 Å². The van der Waals surface area contributed by atoms with Crippen molar-refractivity contribution in [2.45, 2.75) is 18.9 Å². The van der Waals surface area contributed by atoms with Crippen molar-refractivity contribution in [1.82, 2.24) is 10.6 Å². The third-order valence-electron chi connectivity index (χ3n) is 5.21. The Bertz CT molecular complexity index is 853. The smallest absolute Gasteiger partial charge is 0.239 e. The van der Waals surface area contributed by atoms with E-state index in [1.807, 2.05) is 35.2 Å². The number of piperazine rings is 1. The molecule has 2 aliphatic rings. The highest BCUT2D eigenvalue weighted by Crippen LogP contribution is 2.47.